The van der Waals surface area contributed by atoms with Gasteiger partial charge in [-0.3, -0.25) is 4.79 Å². The summed E-state index contributed by atoms with van der Waals surface area (Å²) in [6.45, 7) is 0. The van der Waals surface area contributed by atoms with E-state index in [0.717, 1.165) is 0 Å². The minimum absolute atomic E-state index is 0.202. The molecule has 70 valence electrons. The Hall–Kier alpha value is -0.420. The van der Waals surface area contributed by atoms with E-state index in [4.69, 9.17) is 28.3 Å². The van der Waals surface area contributed by atoms with Crippen LogP contribution in [0.25, 0.3) is 0 Å². The molecule has 6 heteroatoms. The Morgan fingerprint density at radius 3 is 2.54 bits per heavy atom. The molecule has 1 rings (SSSR count). The van der Waals surface area contributed by atoms with Gasteiger partial charge in [-0.1, -0.05) is 11.6 Å². The maximum atomic E-state index is 10.9. The Balaban J connectivity index is 3.27. The summed E-state index contributed by atoms with van der Waals surface area (Å²) in [5, 5.41) is 4.73. The molecule has 1 atom stereocenters. The van der Waals surface area contributed by atoms with E-state index < -0.39 is 16.2 Å². The Kier molecular flexibility index (Phi) is 3.44. The van der Waals surface area contributed by atoms with Crippen molar-refractivity contribution in [3.63, 3.8) is 0 Å². The highest BCUT2D eigenvalue weighted by Gasteiger charge is 2.09. The van der Waals surface area contributed by atoms with E-state index in [1.807, 2.05) is 0 Å². The number of hydrogen-bond acceptors (Lipinski definition) is 2. The Labute approximate surface area is 87.4 Å². The maximum absolute atomic E-state index is 10.9. The summed E-state index contributed by atoms with van der Waals surface area (Å²) in [4.78, 5) is 10.9. The third-order valence-corrected chi connectivity index (χ3v) is 2.81. The van der Waals surface area contributed by atoms with Crippen molar-refractivity contribution in [3.05, 3.63) is 28.8 Å². The normalized spacial score (nSPS) is 12.5. The molecule has 0 saturated carbocycles. The van der Waals surface area contributed by atoms with Crippen LogP contribution in [-0.4, -0.2) is 9.45 Å². The van der Waals surface area contributed by atoms with Crippen molar-refractivity contribution >= 4 is 39.4 Å². The molecule has 0 fully saturated rings. The van der Waals surface area contributed by atoms with Crippen LogP contribution >= 0.6 is 23.2 Å². The van der Waals surface area contributed by atoms with Crippen molar-refractivity contribution in [2.45, 2.75) is 4.90 Å². The van der Waals surface area contributed by atoms with Gasteiger partial charge in [-0.05, 0) is 29.8 Å². The summed E-state index contributed by atoms with van der Waals surface area (Å²) in [7, 11) is -1.71. The number of rotatable bonds is 2. The molecule has 0 bridgehead atoms. The molecular formula is C7H5Cl2NO2S. The third-order valence-electron chi connectivity index (χ3n) is 1.37. The molecule has 0 aromatic heterocycles. The van der Waals surface area contributed by atoms with Crippen LogP contribution in [0.2, 0.25) is 5.02 Å². The minimum Gasteiger partial charge on any atom is -0.276 e. The predicted octanol–water partition coefficient (Wildman–Crippen LogP) is 1.70. The van der Waals surface area contributed by atoms with Crippen molar-refractivity contribution in [3.8, 4) is 0 Å². The van der Waals surface area contributed by atoms with Gasteiger partial charge in [-0.2, -0.15) is 0 Å². The molecule has 1 unspecified atom stereocenters. The van der Waals surface area contributed by atoms with Crippen molar-refractivity contribution in [1.29, 1.82) is 0 Å². The van der Waals surface area contributed by atoms with E-state index in [-0.39, 0.29) is 15.5 Å². The zero-order valence-corrected chi connectivity index (χ0v) is 8.62. The fraction of sp³-hybridized carbons (Fsp3) is 0. The van der Waals surface area contributed by atoms with Gasteiger partial charge in [0.05, 0.1) is 9.92 Å². The number of benzene rings is 1. The first kappa shape index (κ1) is 10.7. The molecule has 0 spiro atoms. The van der Waals surface area contributed by atoms with Crippen LogP contribution in [0.15, 0.2) is 23.1 Å². The van der Waals surface area contributed by atoms with Crippen LogP contribution in [0.3, 0.4) is 0 Å². The molecule has 0 saturated heterocycles. The van der Waals surface area contributed by atoms with Crippen LogP contribution in [0.4, 0.5) is 0 Å². The van der Waals surface area contributed by atoms with Gasteiger partial charge in [-0.15, -0.1) is 0 Å². The van der Waals surface area contributed by atoms with E-state index in [0.29, 0.717) is 0 Å². The van der Waals surface area contributed by atoms with E-state index >= 15 is 0 Å². The lowest BCUT2D eigenvalue weighted by atomic mass is 10.2. The van der Waals surface area contributed by atoms with Crippen LogP contribution < -0.4 is 5.14 Å². The monoisotopic (exact) mass is 237 g/mol. The smallest absolute Gasteiger partial charge is 0.252 e. The maximum Gasteiger partial charge on any atom is 0.252 e. The highest BCUT2D eigenvalue weighted by molar-refractivity contribution is 7.82. The predicted molar refractivity (Wildman–Crippen MR) is 52.2 cm³/mol. The van der Waals surface area contributed by atoms with Gasteiger partial charge in [0.2, 0.25) is 0 Å². The average Bonchev–Trinajstić information content (AvgIpc) is 2.04. The highest BCUT2D eigenvalue weighted by atomic mass is 35.5. The van der Waals surface area contributed by atoms with Crippen molar-refractivity contribution < 1.29 is 9.00 Å². The van der Waals surface area contributed by atoms with Crippen LogP contribution in [0.5, 0.6) is 0 Å². The summed E-state index contributed by atoms with van der Waals surface area (Å²) in [6.07, 6.45) is 0. The zero-order valence-electron chi connectivity index (χ0n) is 6.29. The number of hydrogen-bond donors (Lipinski definition) is 1. The largest absolute Gasteiger partial charge is 0.276 e. The van der Waals surface area contributed by atoms with Gasteiger partial charge in [0.1, 0.15) is 11.0 Å². The highest BCUT2D eigenvalue weighted by Crippen LogP contribution is 2.20. The lowest BCUT2D eigenvalue weighted by molar-refractivity contribution is 0.108. The van der Waals surface area contributed by atoms with Crippen molar-refractivity contribution in [1.82, 2.24) is 0 Å². The summed E-state index contributed by atoms with van der Waals surface area (Å²) < 4.78 is 10.9. The van der Waals surface area contributed by atoms with E-state index in [2.05, 4.69) is 0 Å². The molecule has 13 heavy (non-hydrogen) atoms. The van der Waals surface area contributed by atoms with Gasteiger partial charge in [0, 0.05) is 5.56 Å². The molecule has 0 aliphatic heterocycles. The lowest BCUT2D eigenvalue weighted by Gasteiger charge is -2.00. The lowest BCUT2D eigenvalue weighted by Crippen LogP contribution is -2.04. The molecule has 1 aromatic rings. The van der Waals surface area contributed by atoms with E-state index in [1.54, 1.807) is 0 Å². The second-order valence-electron chi connectivity index (χ2n) is 2.22. The molecule has 0 aliphatic rings. The topological polar surface area (TPSA) is 60.2 Å². The molecule has 0 radical (unpaired) electrons. The molecule has 0 aliphatic carbocycles. The Bertz CT molecular complexity index is 381. The van der Waals surface area contributed by atoms with Crippen LogP contribution in [0, 0.1) is 0 Å². The summed E-state index contributed by atoms with van der Waals surface area (Å²) in [5.74, 6) is 0. The average molecular weight is 238 g/mol. The Morgan fingerprint density at radius 1 is 1.46 bits per heavy atom. The van der Waals surface area contributed by atoms with Gasteiger partial charge >= 0.3 is 0 Å². The first-order valence-corrected chi connectivity index (χ1v) is 5.15. The first-order chi connectivity index (χ1) is 6.02. The first-order valence-electron chi connectivity index (χ1n) is 3.18. The number of nitrogens with two attached hydrogens (primary N) is 1. The number of carbonyl (C=O) groups excluding carboxylic acids is 1. The quantitative estimate of drug-likeness (QED) is 0.797. The SMILES string of the molecule is NS(=O)c1cc(C(=O)Cl)ccc1Cl. The zero-order chi connectivity index (χ0) is 10.0. The van der Waals surface area contributed by atoms with Gasteiger partial charge in [0.15, 0.2) is 0 Å². The van der Waals surface area contributed by atoms with Crippen LogP contribution in [-0.2, 0) is 11.0 Å². The van der Waals surface area contributed by atoms with Crippen LogP contribution in [0.1, 0.15) is 10.4 Å². The van der Waals surface area contributed by atoms with E-state index in [1.165, 1.54) is 18.2 Å². The Morgan fingerprint density at radius 2 is 2.08 bits per heavy atom. The van der Waals surface area contributed by atoms with E-state index in [9.17, 15) is 9.00 Å². The van der Waals surface area contributed by atoms with Gasteiger partial charge in [-0.25, -0.2) is 9.35 Å². The fourth-order valence-electron chi connectivity index (χ4n) is 0.780. The van der Waals surface area contributed by atoms with Crippen molar-refractivity contribution in [2.24, 2.45) is 5.14 Å². The van der Waals surface area contributed by atoms with Crippen molar-refractivity contribution in [2.75, 3.05) is 0 Å². The molecule has 0 amide bonds. The molecule has 1 aromatic carbocycles. The fourth-order valence-corrected chi connectivity index (χ4v) is 1.75. The number of halogens is 2. The summed E-state index contributed by atoms with van der Waals surface area (Å²) >= 11 is 10.9. The molecule has 3 nitrogen and oxygen atoms in total. The second-order valence-corrected chi connectivity index (χ2v) is 4.00. The molecule has 0 heterocycles. The minimum atomic E-state index is -1.71. The summed E-state index contributed by atoms with van der Waals surface area (Å²) in [5.41, 5.74) is 0.222. The second kappa shape index (κ2) is 4.19. The van der Waals surface area contributed by atoms with Gasteiger partial charge in [0.25, 0.3) is 5.24 Å². The third kappa shape index (κ3) is 2.51. The summed E-state index contributed by atoms with van der Waals surface area (Å²) in [6, 6.07) is 4.18. The molecular weight excluding hydrogens is 233 g/mol. The number of carbonyl (C=O) groups is 1. The molecule has 2 N–H and O–H groups in total. The standard InChI is InChI=1S/C7H5Cl2NO2S/c8-5-2-1-4(7(9)11)3-6(5)13(10)12/h1-3H,10H2. The van der Waals surface area contributed by atoms with Gasteiger partial charge < -0.3 is 0 Å².